The number of nitrogens with one attached hydrogen (secondary N) is 1. The molecular weight excluding hydrogens is 409 g/mol. The molecule has 1 aromatic rings. The molecule has 1 atom stereocenters. The second-order valence-electron chi connectivity index (χ2n) is 4.53. The fourth-order valence-electron chi connectivity index (χ4n) is 1.78. The Hall–Kier alpha value is -1.17. The number of carbonyl (C=O) groups is 1. The molecule has 0 unspecified atom stereocenters. The van der Waals surface area contributed by atoms with Gasteiger partial charge >= 0.3 is 3.12 Å². The van der Waals surface area contributed by atoms with Crippen molar-refractivity contribution in [3.8, 4) is 0 Å². The number of sulfonamides is 1. The number of rotatable bonds is 6. The van der Waals surface area contributed by atoms with E-state index in [1.807, 2.05) is 0 Å². The van der Waals surface area contributed by atoms with Gasteiger partial charge in [0.25, 0.3) is 21.6 Å². The summed E-state index contributed by atoms with van der Waals surface area (Å²) in [6.07, 6.45) is 0. The highest BCUT2D eigenvalue weighted by Gasteiger charge is 2.46. The van der Waals surface area contributed by atoms with E-state index in [-0.39, 0.29) is 11.3 Å². The molecule has 1 aromatic carbocycles. The van der Waals surface area contributed by atoms with E-state index in [2.05, 4.69) is 0 Å². The summed E-state index contributed by atoms with van der Waals surface area (Å²) < 4.78 is 22.4. The highest BCUT2D eigenvalue weighted by atomic mass is 35.6. The van der Waals surface area contributed by atoms with Crippen molar-refractivity contribution in [3.63, 3.8) is 0 Å². The van der Waals surface area contributed by atoms with E-state index in [0.29, 0.717) is 4.31 Å². The predicted octanol–water partition coefficient (Wildman–Crippen LogP) is 1.95. The SMILES string of the molecule is C[C@@H](C(=O)NO)N(Cc1ccccc1[N+](=O)[O-])S(=O)(=O)C(Cl)(Cl)Cl. The minimum Gasteiger partial charge on any atom is -0.289 e. The zero-order chi connectivity index (χ0) is 18.7. The van der Waals surface area contributed by atoms with Gasteiger partial charge in [-0.3, -0.25) is 20.1 Å². The first-order valence-electron chi connectivity index (χ1n) is 6.17. The molecule has 13 heteroatoms. The van der Waals surface area contributed by atoms with Crippen LogP contribution in [0.25, 0.3) is 0 Å². The fraction of sp³-hybridized carbons (Fsp3) is 0.364. The number of nitro groups is 1. The normalized spacial score (nSPS) is 13.6. The lowest BCUT2D eigenvalue weighted by Crippen LogP contribution is -2.50. The van der Waals surface area contributed by atoms with Crippen molar-refractivity contribution in [1.29, 1.82) is 0 Å². The lowest BCUT2D eigenvalue weighted by molar-refractivity contribution is -0.385. The first-order chi connectivity index (χ1) is 10.9. The number of hydrogen-bond acceptors (Lipinski definition) is 6. The van der Waals surface area contributed by atoms with Crippen LogP contribution in [0.4, 0.5) is 5.69 Å². The van der Waals surface area contributed by atoms with Crippen LogP contribution >= 0.6 is 34.8 Å². The minimum atomic E-state index is -4.70. The summed E-state index contributed by atoms with van der Waals surface area (Å²) in [5.74, 6) is -1.11. The van der Waals surface area contributed by atoms with Gasteiger partial charge in [0.15, 0.2) is 0 Å². The molecule has 1 amide bonds. The molecule has 0 aliphatic heterocycles. The Labute approximate surface area is 152 Å². The third kappa shape index (κ3) is 4.47. The van der Waals surface area contributed by atoms with Crippen LogP contribution in [0, 0.1) is 10.1 Å². The molecule has 0 aromatic heterocycles. The molecule has 0 bridgehead atoms. The van der Waals surface area contributed by atoms with Crippen LogP contribution < -0.4 is 5.48 Å². The predicted molar refractivity (Wildman–Crippen MR) is 87.2 cm³/mol. The van der Waals surface area contributed by atoms with E-state index < -0.39 is 36.6 Å². The quantitative estimate of drug-likeness (QED) is 0.313. The number of hydrogen-bond donors (Lipinski definition) is 2. The zero-order valence-electron chi connectivity index (χ0n) is 12.0. The molecule has 24 heavy (non-hydrogen) atoms. The van der Waals surface area contributed by atoms with E-state index >= 15 is 0 Å². The third-order valence-electron chi connectivity index (χ3n) is 3.04. The molecular formula is C11H12Cl3N3O6S. The van der Waals surface area contributed by atoms with Crippen molar-refractivity contribution in [2.45, 2.75) is 22.6 Å². The van der Waals surface area contributed by atoms with Gasteiger partial charge in [-0.25, -0.2) is 13.9 Å². The van der Waals surface area contributed by atoms with Crippen LogP contribution in [-0.2, 0) is 21.4 Å². The molecule has 0 saturated carbocycles. The number of hydroxylamine groups is 1. The van der Waals surface area contributed by atoms with Gasteiger partial charge in [0.05, 0.1) is 4.92 Å². The minimum absolute atomic E-state index is 0.0297. The number of amides is 1. The number of alkyl halides is 3. The van der Waals surface area contributed by atoms with Crippen LogP contribution in [0.2, 0.25) is 0 Å². The lowest BCUT2D eigenvalue weighted by Gasteiger charge is -2.29. The summed E-state index contributed by atoms with van der Waals surface area (Å²) in [5.41, 5.74) is 0.878. The van der Waals surface area contributed by atoms with Crippen LogP contribution in [-0.4, -0.2) is 37.9 Å². The van der Waals surface area contributed by atoms with Crippen LogP contribution in [0.1, 0.15) is 12.5 Å². The van der Waals surface area contributed by atoms with Crippen molar-refractivity contribution in [2.75, 3.05) is 0 Å². The number of benzene rings is 1. The van der Waals surface area contributed by atoms with Crippen LogP contribution in [0.5, 0.6) is 0 Å². The average Bonchev–Trinajstić information content (AvgIpc) is 2.50. The second-order valence-corrected chi connectivity index (χ2v) is 9.52. The molecule has 0 heterocycles. The van der Waals surface area contributed by atoms with Gasteiger partial charge in [0.2, 0.25) is 0 Å². The Morgan fingerprint density at radius 2 is 1.96 bits per heavy atom. The molecule has 0 aliphatic rings. The van der Waals surface area contributed by atoms with Gasteiger partial charge < -0.3 is 0 Å². The van der Waals surface area contributed by atoms with Crippen LogP contribution in [0.3, 0.4) is 0 Å². The summed E-state index contributed by atoms with van der Waals surface area (Å²) >= 11 is 16.4. The molecule has 1 rings (SSSR count). The summed E-state index contributed by atoms with van der Waals surface area (Å²) in [4.78, 5) is 21.9. The van der Waals surface area contributed by atoms with E-state index in [1.165, 1.54) is 23.7 Å². The molecule has 9 nitrogen and oxygen atoms in total. The van der Waals surface area contributed by atoms with Gasteiger partial charge in [-0.05, 0) is 6.92 Å². The number of nitro benzene ring substituents is 1. The second kappa shape index (κ2) is 7.81. The average molecular weight is 421 g/mol. The van der Waals surface area contributed by atoms with Gasteiger partial charge in [-0.15, -0.1) is 0 Å². The Bertz CT molecular complexity index is 737. The maximum absolute atomic E-state index is 12.4. The largest absolute Gasteiger partial charge is 0.306 e. The third-order valence-corrected chi connectivity index (χ3v) is 6.44. The highest BCUT2D eigenvalue weighted by Crippen LogP contribution is 2.37. The molecule has 0 radical (unpaired) electrons. The monoisotopic (exact) mass is 419 g/mol. The number of halogens is 3. The molecule has 0 aliphatic carbocycles. The summed E-state index contributed by atoms with van der Waals surface area (Å²) in [5, 5.41) is 19.8. The molecule has 0 spiro atoms. The van der Waals surface area contributed by atoms with Crippen molar-refractivity contribution in [1.82, 2.24) is 9.79 Å². The molecule has 0 saturated heterocycles. The molecule has 0 fully saturated rings. The fourth-order valence-corrected chi connectivity index (χ4v) is 3.66. The van der Waals surface area contributed by atoms with Gasteiger partial charge in [0.1, 0.15) is 6.04 Å². The van der Waals surface area contributed by atoms with Crippen LogP contribution in [0.15, 0.2) is 24.3 Å². The Morgan fingerprint density at radius 1 is 1.42 bits per heavy atom. The topological polar surface area (TPSA) is 130 Å². The number of para-hydroxylation sites is 1. The van der Waals surface area contributed by atoms with Crippen molar-refractivity contribution in [3.05, 3.63) is 39.9 Å². The van der Waals surface area contributed by atoms with Gasteiger partial charge in [0, 0.05) is 18.2 Å². The Kier molecular flexibility index (Phi) is 6.79. The first kappa shape index (κ1) is 20.9. The van der Waals surface area contributed by atoms with Gasteiger partial charge in [-0.1, -0.05) is 53.0 Å². The maximum atomic E-state index is 12.4. The highest BCUT2D eigenvalue weighted by molar-refractivity contribution is 7.95. The molecule has 2 N–H and O–H groups in total. The summed E-state index contributed by atoms with van der Waals surface area (Å²) in [6, 6.07) is 3.78. The maximum Gasteiger partial charge on any atom is 0.306 e. The van der Waals surface area contributed by atoms with Crippen molar-refractivity contribution >= 4 is 56.4 Å². The van der Waals surface area contributed by atoms with E-state index in [0.717, 1.165) is 13.0 Å². The van der Waals surface area contributed by atoms with E-state index in [1.54, 1.807) is 0 Å². The lowest BCUT2D eigenvalue weighted by atomic mass is 10.1. The smallest absolute Gasteiger partial charge is 0.289 e. The first-order valence-corrected chi connectivity index (χ1v) is 8.75. The number of nitrogens with zero attached hydrogens (tertiary/aromatic N) is 2. The Morgan fingerprint density at radius 3 is 2.42 bits per heavy atom. The number of carbonyl (C=O) groups excluding carboxylic acids is 1. The summed E-state index contributed by atoms with van der Waals surface area (Å²) in [6.45, 7) is 0.496. The standard InChI is InChI=1S/C11H12Cl3N3O6S/c1-7(10(18)15-19)16(24(22,23)11(12,13)14)6-8-4-2-3-5-9(8)17(20)21/h2-5,7,19H,6H2,1H3,(H,15,18)/t7-/m0/s1. The van der Waals surface area contributed by atoms with E-state index in [4.69, 9.17) is 40.0 Å². The summed E-state index contributed by atoms with van der Waals surface area (Å²) in [7, 11) is -4.70. The Balaban J connectivity index is 3.41. The van der Waals surface area contributed by atoms with Gasteiger partial charge in [-0.2, -0.15) is 4.31 Å². The van der Waals surface area contributed by atoms with Crippen molar-refractivity contribution in [2.24, 2.45) is 0 Å². The van der Waals surface area contributed by atoms with Crippen molar-refractivity contribution < 1.29 is 23.3 Å². The van der Waals surface area contributed by atoms with E-state index in [9.17, 15) is 23.3 Å². The molecule has 134 valence electrons. The zero-order valence-corrected chi connectivity index (χ0v) is 15.1.